The largest absolute Gasteiger partial charge is 0.361 e. The lowest BCUT2D eigenvalue weighted by Crippen LogP contribution is -2.42. The van der Waals surface area contributed by atoms with Gasteiger partial charge in [-0.25, -0.2) is 0 Å². The van der Waals surface area contributed by atoms with Crippen molar-refractivity contribution in [1.29, 1.82) is 0 Å². The number of hydrogen-bond donors (Lipinski definition) is 2. The van der Waals surface area contributed by atoms with Crippen LogP contribution in [0.25, 0.3) is 0 Å². The summed E-state index contributed by atoms with van der Waals surface area (Å²) in [5, 5.41) is 9.75. The fourth-order valence-electron chi connectivity index (χ4n) is 1.25. The molecule has 0 saturated heterocycles. The molecule has 1 amide bonds. The summed E-state index contributed by atoms with van der Waals surface area (Å²) in [6.07, 6.45) is 0.945. The fourth-order valence-corrected chi connectivity index (χ4v) is 1.25. The van der Waals surface area contributed by atoms with Crippen molar-refractivity contribution in [2.45, 2.75) is 39.8 Å². The van der Waals surface area contributed by atoms with E-state index in [0.717, 1.165) is 17.9 Å². The number of hydrogen-bond acceptors (Lipinski definition) is 4. The minimum Gasteiger partial charge on any atom is -0.361 e. The summed E-state index contributed by atoms with van der Waals surface area (Å²) in [4.78, 5) is 11.5. The second-order valence-electron chi connectivity index (χ2n) is 3.82. The van der Waals surface area contributed by atoms with Gasteiger partial charge in [0.2, 0.25) is 5.91 Å². The molecule has 1 unspecified atom stereocenters. The van der Waals surface area contributed by atoms with Crippen LogP contribution in [0.2, 0.25) is 0 Å². The predicted molar refractivity (Wildman–Crippen MR) is 60.8 cm³/mol. The van der Waals surface area contributed by atoms with Crippen LogP contribution in [0, 0.1) is 6.92 Å². The minimum atomic E-state index is -0.219. The second kappa shape index (κ2) is 6.27. The van der Waals surface area contributed by atoms with E-state index in [1.165, 1.54) is 0 Å². The summed E-state index contributed by atoms with van der Waals surface area (Å²) >= 11 is 0. The maximum Gasteiger partial charge on any atom is 0.236 e. The van der Waals surface area contributed by atoms with Crippen molar-refractivity contribution in [3.8, 4) is 0 Å². The van der Waals surface area contributed by atoms with E-state index >= 15 is 0 Å². The molecule has 0 radical (unpaired) electrons. The quantitative estimate of drug-likeness (QED) is 0.757. The molecule has 0 aromatic carbocycles. The SMILES string of the molecule is CCCNC(=O)C(C)NCc1cc(C)on1. The van der Waals surface area contributed by atoms with Crippen LogP contribution in [-0.4, -0.2) is 23.7 Å². The van der Waals surface area contributed by atoms with Gasteiger partial charge in [-0.15, -0.1) is 0 Å². The topological polar surface area (TPSA) is 67.2 Å². The zero-order chi connectivity index (χ0) is 12.0. The molecule has 1 aromatic rings. The molecule has 5 nitrogen and oxygen atoms in total. The van der Waals surface area contributed by atoms with E-state index in [9.17, 15) is 4.79 Å². The molecule has 0 bridgehead atoms. The van der Waals surface area contributed by atoms with Crippen LogP contribution in [0.5, 0.6) is 0 Å². The van der Waals surface area contributed by atoms with E-state index < -0.39 is 0 Å². The van der Waals surface area contributed by atoms with Gasteiger partial charge in [0.15, 0.2) is 0 Å². The van der Waals surface area contributed by atoms with Crippen LogP contribution in [-0.2, 0) is 11.3 Å². The van der Waals surface area contributed by atoms with Crippen LogP contribution in [0.3, 0.4) is 0 Å². The van der Waals surface area contributed by atoms with Crippen molar-refractivity contribution >= 4 is 5.91 Å². The molecule has 0 aliphatic rings. The van der Waals surface area contributed by atoms with Crippen molar-refractivity contribution in [3.63, 3.8) is 0 Å². The van der Waals surface area contributed by atoms with E-state index in [2.05, 4.69) is 15.8 Å². The lowest BCUT2D eigenvalue weighted by atomic mass is 10.3. The first kappa shape index (κ1) is 12.7. The van der Waals surface area contributed by atoms with E-state index in [1.54, 1.807) is 0 Å². The number of nitrogens with one attached hydrogen (secondary N) is 2. The van der Waals surface area contributed by atoms with E-state index in [4.69, 9.17) is 4.52 Å². The summed E-state index contributed by atoms with van der Waals surface area (Å²) in [6, 6.07) is 1.63. The van der Waals surface area contributed by atoms with Gasteiger partial charge in [-0.3, -0.25) is 4.79 Å². The van der Waals surface area contributed by atoms with E-state index in [0.29, 0.717) is 13.1 Å². The molecule has 1 rings (SSSR count). The average Bonchev–Trinajstić information content (AvgIpc) is 2.68. The van der Waals surface area contributed by atoms with Gasteiger partial charge in [0.25, 0.3) is 0 Å². The first-order valence-electron chi connectivity index (χ1n) is 5.56. The van der Waals surface area contributed by atoms with Crippen molar-refractivity contribution in [2.75, 3.05) is 6.54 Å². The van der Waals surface area contributed by atoms with Crippen LogP contribution >= 0.6 is 0 Å². The Morgan fingerprint density at radius 2 is 2.38 bits per heavy atom. The molecular weight excluding hydrogens is 206 g/mol. The highest BCUT2D eigenvalue weighted by molar-refractivity contribution is 5.81. The molecule has 0 saturated carbocycles. The molecule has 1 aromatic heterocycles. The molecule has 0 spiro atoms. The van der Waals surface area contributed by atoms with Crippen molar-refractivity contribution in [3.05, 3.63) is 17.5 Å². The smallest absolute Gasteiger partial charge is 0.236 e. The van der Waals surface area contributed by atoms with Crippen molar-refractivity contribution < 1.29 is 9.32 Å². The Labute approximate surface area is 95.6 Å². The zero-order valence-electron chi connectivity index (χ0n) is 10.0. The third kappa shape index (κ3) is 4.02. The Balaban J connectivity index is 2.29. The molecule has 5 heteroatoms. The van der Waals surface area contributed by atoms with Crippen LogP contribution < -0.4 is 10.6 Å². The zero-order valence-corrected chi connectivity index (χ0v) is 10.0. The molecule has 1 heterocycles. The number of carbonyl (C=O) groups is 1. The Bertz CT molecular complexity index is 336. The number of aryl methyl sites for hydroxylation is 1. The van der Waals surface area contributed by atoms with Crippen molar-refractivity contribution in [1.82, 2.24) is 15.8 Å². The van der Waals surface area contributed by atoms with E-state index in [-0.39, 0.29) is 11.9 Å². The van der Waals surface area contributed by atoms with Gasteiger partial charge in [0.1, 0.15) is 5.76 Å². The molecule has 0 aliphatic carbocycles. The second-order valence-corrected chi connectivity index (χ2v) is 3.82. The maximum absolute atomic E-state index is 11.5. The van der Waals surface area contributed by atoms with Gasteiger partial charge < -0.3 is 15.2 Å². The summed E-state index contributed by atoms with van der Waals surface area (Å²) < 4.78 is 4.93. The fraction of sp³-hybridized carbons (Fsp3) is 0.636. The Hall–Kier alpha value is -1.36. The molecule has 0 aliphatic heterocycles. The highest BCUT2D eigenvalue weighted by Crippen LogP contribution is 2.01. The molecule has 16 heavy (non-hydrogen) atoms. The highest BCUT2D eigenvalue weighted by atomic mass is 16.5. The van der Waals surface area contributed by atoms with Gasteiger partial charge in [-0.05, 0) is 20.3 Å². The van der Waals surface area contributed by atoms with Gasteiger partial charge >= 0.3 is 0 Å². The van der Waals surface area contributed by atoms with Crippen LogP contribution in [0.15, 0.2) is 10.6 Å². The summed E-state index contributed by atoms with van der Waals surface area (Å²) in [5.41, 5.74) is 0.813. The van der Waals surface area contributed by atoms with Gasteiger partial charge in [0.05, 0.1) is 11.7 Å². The molecule has 2 N–H and O–H groups in total. The number of carbonyl (C=O) groups excluding carboxylic acids is 1. The summed E-state index contributed by atoms with van der Waals surface area (Å²) in [5.74, 6) is 0.793. The first-order chi connectivity index (χ1) is 7.63. The monoisotopic (exact) mass is 225 g/mol. The number of nitrogens with zero attached hydrogens (tertiary/aromatic N) is 1. The summed E-state index contributed by atoms with van der Waals surface area (Å²) in [7, 11) is 0. The maximum atomic E-state index is 11.5. The van der Waals surface area contributed by atoms with Gasteiger partial charge in [-0.1, -0.05) is 12.1 Å². The lowest BCUT2D eigenvalue weighted by molar-refractivity contribution is -0.122. The number of amides is 1. The standard InChI is InChI=1S/C11H19N3O2/c1-4-5-12-11(15)9(3)13-7-10-6-8(2)16-14-10/h6,9,13H,4-5,7H2,1-3H3,(H,12,15). The third-order valence-corrected chi connectivity index (χ3v) is 2.21. The summed E-state index contributed by atoms with van der Waals surface area (Å²) in [6.45, 7) is 6.95. The average molecular weight is 225 g/mol. The van der Waals surface area contributed by atoms with Gasteiger partial charge in [0, 0.05) is 19.2 Å². The van der Waals surface area contributed by atoms with Gasteiger partial charge in [-0.2, -0.15) is 0 Å². The Morgan fingerprint density at radius 1 is 1.62 bits per heavy atom. The molecule has 1 atom stereocenters. The highest BCUT2D eigenvalue weighted by Gasteiger charge is 2.11. The normalized spacial score (nSPS) is 12.4. The Kier molecular flexibility index (Phi) is 4.98. The van der Waals surface area contributed by atoms with Crippen LogP contribution in [0.4, 0.5) is 0 Å². The van der Waals surface area contributed by atoms with Crippen molar-refractivity contribution in [2.24, 2.45) is 0 Å². The first-order valence-corrected chi connectivity index (χ1v) is 5.56. The minimum absolute atomic E-state index is 0.0158. The number of aromatic nitrogens is 1. The van der Waals surface area contributed by atoms with Crippen LogP contribution in [0.1, 0.15) is 31.7 Å². The predicted octanol–water partition coefficient (Wildman–Crippen LogP) is 0.987. The molecule has 0 fully saturated rings. The third-order valence-electron chi connectivity index (χ3n) is 2.21. The number of rotatable bonds is 6. The molecular formula is C11H19N3O2. The lowest BCUT2D eigenvalue weighted by Gasteiger charge is -2.12. The van der Waals surface area contributed by atoms with E-state index in [1.807, 2.05) is 26.8 Å². The molecule has 90 valence electrons. The Morgan fingerprint density at radius 3 is 2.94 bits per heavy atom.